The summed E-state index contributed by atoms with van der Waals surface area (Å²) in [5.41, 5.74) is 0. The fourth-order valence-electron chi connectivity index (χ4n) is 1.94. The highest BCUT2D eigenvalue weighted by atomic mass is 16.5. The number of rotatable bonds is 2. The lowest BCUT2D eigenvalue weighted by Crippen LogP contribution is -2.29. The summed E-state index contributed by atoms with van der Waals surface area (Å²) in [6.45, 7) is 0.216. The smallest absolute Gasteiger partial charge is 0.0819 e. The van der Waals surface area contributed by atoms with E-state index in [0.29, 0.717) is 0 Å². The van der Waals surface area contributed by atoms with Crippen molar-refractivity contribution >= 4 is 0 Å². The van der Waals surface area contributed by atoms with Gasteiger partial charge in [-0.25, -0.2) is 0 Å². The van der Waals surface area contributed by atoms with Gasteiger partial charge in [-0.1, -0.05) is 12.2 Å². The highest BCUT2D eigenvalue weighted by Gasteiger charge is 2.44. The molecule has 0 spiro atoms. The molecule has 3 heteroatoms. The zero-order valence-corrected chi connectivity index (χ0v) is 6.18. The third kappa shape index (κ3) is 0.922. The minimum Gasteiger partial charge on any atom is -0.396 e. The van der Waals surface area contributed by atoms with E-state index in [1.165, 1.54) is 0 Å². The van der Waals surface area contributed by atoms with Crippen molar-refractivity contribution in [1.29, 1.82) is 0 Å². The maximum atomic E-state index is 8.96. The van der Waals surface area contributed by atoms with E-state index in [2.05, 4.69) is 0 Å². The summed E-state index contributed by atoms with van der Waals surface area (Å²) in [4.78, 5) is 0. The first kappa shape index (κ1) is 7.28. The van der Waals surface area contributed by atoms with Crippen molar-refractivity contribution < 1.29 is 14.9 Å². The molecule has 2 unspecified atom stereocenters. The monoisotopic (exact) mass is 156 g/mol. The number of aliphatic hydroxyl groups excluding tert-OH is 2. The standard InChI is InChI=1S/C8H12O3/c9-3-5-6(4-10)8-2-1-7(5)11-8/h1-2,5-10H,3-4H2/t5-,6?,7?,8-/m1/s1. The highest BCUT2D eigenvalue weighted by molar-refractivity contribution is 5.14. The van der Waals surface area contributed by atoms with Gasteiger partial charge in [0.25, 0.3) is 0 Å². The van der Waals surface area contributed by atoms with Crippen LogP contribution in [0.4, 0.5) is 0 Å². The Kier molecular flexibility index (Phi) is 1.71. The van der Waals surface area contributed by atoms with Gasteiger partial charge < -0.3 is 14.9 Å². The van der Waals surface area contributed by atoms with Crippen LogP contribution in [0.25, 0.3) is 0 Å². The lowest BCUT2D eigenvalue weighted by atomic mass is 9.84. The summed E-state index contributed by atoms with van der Waals surface area (Å²) in [7, 11) is 0. The van der Waals surface area contributed by atoms with E-state index in [-0.39, 0.29) is 37.3 Å². The van der Waals surface area contributed by atoms with Crippen LogP contribution in [0, 0.1) is 11.8 Å². The molecule has 4 atom stereocenters. The Bertz CT molecular complexity index is 160. The quantitative estimate of drug-likeness (QED) is 0.532. The molecule has 0 aromatic heterocycles. The van der Waals surface area contributed by atoms with Gasteiger partial charge in [0, 0.05) is 25.0 Å². The maximum Gasteiger partial charge on any atom is 0.0819 e. The minimum absolute atomic E-state index is 0.0437. The molecule has 2 heterocycles. The number of ether oxygens (including phenoxy) is 1. The molecular formula is C8H12O3. The van der Waals surface area contributed by atoms with Gasteiger partial charge in [-0.3, -0.25) is 0 Å². The highest BCUT2D eigenvalue weighted by Crippen LogP contribution is 2.38. The molecule has 2 aliphatic rings. The van der Waals surface area contributed by atoms with Crippen LogP contribution < -0.4 is 0 Å². The topological polar surface area (TPSA) is 49.7 Å². The molecule has 2 bridgehead atoms. The molecule has 2 rings (SSSR count). The van der Waals surface area contributed by atoms with E-state index in [1.807, 2.05) is 12.2 Å². The van der Waals surface area contributed by atoms with Crippen LogP contribution in [0.15, 0.2) is 12.2 Å². The van der Waals surface area contributed by atoms with Gasteiger partial charge in [-0.15, -0.1) is 0 Å². The van der Waals surface area contributed by atoms with Crippen molar-refractivity contribution in [2.45, 2.75) is 12.2 Å². The Balaban J connectivity index is 2.15. The Labute approximate surface area is 65.3 Å². The third-order valence-corrected chi connectivity index (χ3v) is 2.62. The molecule has 3 nitrogen and oxygen atoms in total. The molecule has 0 radical (unpaired) electrons. The molecule has 0 aliphatic carbocycles. The number of fused-ring (bicyclic) bond motifs is 2. The first-order valence-corrected chi connectivity index (χ1v) is 3.92. The van der Waals surface area contributed by atoms with E-state index in [4.69, 9.17) is 14.9 Å². The maximum absolute atomic E-state index is 8.96. The van der Waals surface area contributed by atoms with E-state index in [9.17, 15) is 0 Å². The average molecular weight is 156 g/mol. The van der Waals surface area contributed by atoms with Crippen molar-refractivity contribution in [3.63, 3.8) is 0 Å². The first-order chi connectivity index (χ1) is 5.36. The molecule has 0 aromatic rings. The van der Waals surface area contributed by atoms with E-state index in [1.54, 1.807) is 0 Å². The Morgan fingerprint density at radius 1 is 1.00 bits per heavy atom. The summed E-state index contributed by atoms with van der Waals surface area (Å²) < 4.78 is 5.45. The van der Waals surface area contributed by atoms with Gasteiger partial charge >= 0.3 is 0 Å². The summed E-state index contributed by atoms with van der Waals surface area (Å²) in [5, 5.41) is 17.9. The molecule has 62 valence electrons. The molecular weight excluding hydrogens is 144 g/mol. The lowest BCUT2D eigenvalue weighted by molar-refractivity contribution is 0.0910. The molecule has 0 saturated carbocycles. The van der Waals surface area contributed by atoms with Gasteiger partial charge in [-0.2, -0.15) is 0 Å². The second kappa shape index (κ2) is 2.59. The predicted molar refractivity (Wildman–Crippen MR) is 39.0 cm³/mol. The van der Waals surface area contributed by atoms with Crippen LogP contribution in [0.1, 0.15) is 0 Å². The van der Waals surface area contributed by atoms with Gasteiger partial charge in [-0.05, 0) is 0 Å². The van der Waals surface area contributed by atoms with Gasteiger partial charge in [0.15, 0.2) is 0 Å². The lowest BCUT2D eigenvalue weighted by Gasteiger charge is -2.20. The van der Waals surface area contributed by atoms with Crippen LogP contribution in [0.5, 0.6) is 0 Å². The summed E-state index contributed by atoms with van der Waals surface area (Å²) >= 11 is 0. The summed E-state index contributed by atoms with van der Waals surface area (Å²) in [6.07, 6.45) is 4.03. The SMILES string of the molecule is OCC1[C@@H](CO)C2C=C[C@H]1O2. The van der Waals surface area contributed by atoms with Crippen LogP contribution >= 0.6 is 0 Å². The van der Waals surface area contributed by atoms with Crippen molar-refractivity contribution in [1.82, 2.24) is 0 Å². The van der Waals surface area contributed by atoms with Gasteiger partial charge in [0.1, 0.15) is 0 Å². The molecule has 1 fully saturated rings. The van der Waals surface area contributed by atoms with Crippen LogP contribution in [-0.4, -0.2) is 35.6 Å². The Morgan fingerprint density at radius 2 is 1.45 bits per heavy atom. The van der Waals surface area contributed by atoms with Crippen molar-refractivity contribution in [2.75, 3.05) is 13.2 Å². The zero-order valence-electron chi connectivity index (χ0n) is 6.18. The van der Waals surface area contributed by atoms with Crippen LogP contribution in [-0.2, 0) is 4.74 Å². The zero-order chi connectivity index (χ0) is 7.84. The molecule has 2 aliphatic heterocycles. The third-order valence-electron chi connectivity index (χ3n) is 2.62. The van der Waals surface area contributed by atoms with E-state index < -0.39 is 0 Å². The minimum atomic E-state index is 0.0437. The van der Waals surface area contributed by atoms with Crippen LogP contribution in [0.3, 0.4) is 0 Å². The number of aliphatic hydroxyl groups is 2. The largest absolute Gasteiger partial charge is 0.396 e. The normalized spacial score (nSPS) is 47.1. The second-order valence-corrected chi connectivity index (χ2v) is 3.14. The predicted octanol–water partition coefficient (Wildman–Crippen LogP) is -0.459. The average Bonchev–Trinajstić information content (AvgIpc) is 2.60. The Morgan fingerprint density at radius 3 is 1.82 bits per heavy atom. The first-order valence-electron chi connectivity index (χ1n) is 3.92. The molecule has 0 aromatic carbocycles. The molecule has 2 N–H and O–H groups in total. The molecule has 11 heavy (non-hydrogen) atoms. The van der Waals surface area contributed by atoms with Gasteiger partial charge in [0.05, 0.1) is 12.2 Å². The van der Waals surface area contributed by atoms with Gasteiger partial charge in [0.2, 0.25) is 0 Å². The van der Waals surface area contributed by atoms with E-state index in [0.717, 1.165) is 0 Å². The Hall–Kier alpha value is -0.380. The molecule has 0 amide bonds. The van der Waals surface area contributed by atoms with Crippen molar-refractivity contribution in [3.05, 3.63) is 12.2 Å². The fraction of sp³-hybridized carbons (Fsp3) is 0.750. The second-order valence-electron chi connectivity index (χ2n) is 3.14. The molecule has 1 saturated heterocycles. The van der Waals surface area contributed by atoms with Crippen molar-refractivity contribution in [2.24, 2.45) is 11.8 Å². The van der Waals surface area contributed by atoms with Crippen molar-refractivity contribution in [3.8, 4) is 0 Å². The van der Waals surface area contributed by atoms with E-state index >= 15 is 0 Å². The fourth-order valence-corrected chi connectivity index (χ4v) is 1.94. The summed E-state index contributed by atoms with van der Waals surface area (Å²) in [5.74, 6) is 0.213. The number of hydrogen-bond donors (Lipinski definition) is 2. The summed E-state index contributed by atoms with van der Waals surface area (Å²) in [6, 6.07) is 0. The number of hydrogen-bond acceptors (Lipinski definition) is 3. The van der Waals surface area contributed by atoms with Crippen LogP contribution in [0.2, 0.25) is 0 Å².